The molecule has 0 spiro atoms. The van der Waals surface area contributed by atoms with Crippen molar-refractivity contribution in [3.05, 3.63) is 0 Å². The van der Waals surface area contributed by atoms with E-state index >= 15 is 0 Å². The highest BCUT2D eigenvalue weighted by Crippen LogP contribution is 2.21. The molecule has 0 aliphatic heterocycles. The number of alkyl halides is 1. The van der Waals surface area contributed by atoms with Gasteiger partial charge in [0.2, 0.25) is 0 Å². The predicted octanol–water partition coefficient (Wildman–Crippen LogP) is 7.35. The van der Waals surface area contributed by atoms with Gasteiger partial charge in [-0.25, -0.2) is 0 Å². The van der Waals surface area contributed by atoms with Crippen LogP contribution in [0.1, 0.15) is 97.8 Å². The lowest BCUT2D eigenvalue weighted by atomic mass is 9.93. The van der Waals surface area contributed by atoms with Crippen LogP contribution in [0.2, 0.25) is 0 Å². The van der Waals surface area contributed by atoms with Crippen molar-refractivity contribution >= 4 is 15.9 Å². The molecule has 0 aromatic carbocycles. The summed E-state index contributed by atoms with van der Waals surface area (Å²) in [4.78, 5) is 0. The third kappa shape index (κ3) is 14.7. The van der Waals surface area contributed by atoms with E-state index in [1.54, 1.807) is 0 Å². The van der Waals surface area contributed by atoms with E-state index in [4.69, 9.17) is 0 Å². The normalized spacial score (nSPS) is 13.1. The Hall–Kier alpha value is 0.480. The molecule has 1 heteroatoms. The third-order valence-corrected chi connectivity index (χ3v) is 4.90. The van der Waals surface area contributed by atoms with Crippen LogP contribution in [-0.4, -0.2) is 5.33 Å². The summed E-state index contributed by atoms with van der Waals surface area (Å²) in [5, 5.41) is 1.20. The second-order valence-corrected chi connectivity index (χ2v) is 7.27. The molecule has 0 radical (unpaired) electrons. The average Bonchev–Trinajstić information content (AvgIpc) is 2.39. The maximum atomic E-state index is 3.67. The minimum atomic E-state index is 0.852. The predicted molar refractivity (Wildman–Crippen MR) is 93.2 cm³/mol. The Bertz CT molecular complexity index is 165. The third-order valence-electron chi connectivity index (χ3n) is 3.99. The van der Waals surface area contributed by atoms with Crippen molar-refractivity contribution in [2.24, 2.45) is 11.8 Å². The molecule has 0 heterocycles. The number of rotatable bonds is 14. The quantitative estimate of drug-likeness (QED) is 0.230. The van der Waals surface area contributed by atoms with Gasteiger partial charge in [0.25, 0.3) is 0 Å². The lowest BCUT2D eigenvalue weighted by molar-refractivity contribution is 0.404. The molecule has 0 aromatic rings. The van der Waals surface area contributed by atoms with E-state index < -0.39 is 0 Å². The van der Waals surface area contributed by atoms with Crippen molar-refractivity contribution in [3.63, 3.8) is 0 Å². The summed E-state index contributed by atoms with van der Waals surface area (Å²) in [6, 6.07) is 0. The number of hydrogen-bond acceptors (Lipinski definition) is 0. The van der Waals surface area contributed by atoms with Crippen LogP contribution in [0.5, 0.6) is 0 Å². The zero-order valence-electron chi connectivity index (χ0n) is 13.7. The number of halogens is 1. The van der Waals surface area contributed by atoms with Crippen molar-refractivity contribution in [2.45, 2.75) is 97.8 Å². The molecule has 0 bridgehead atoms. The van der Waals surface area contributed by atoms with Crippen molar-refractivity contribution in [1.82, 2.24) is 0 Å². The maximum Gasteiger partial charge on any atom is 0.00597 e. The zero-order chi connectivity index (χ0) is 14.3. The van der Waals surface area contributed by atoms with E-state index in [-0.39, 0.29) is 0 Å². The van der Waals surface area contributed by atoms with Gasteiger partial charge in [0.05, 0.1) is 0 Å². The van der Waals surface area contributed by atoms with Gasteiger partial charge in [-0.15, -0.1) is 0 Å². The number of unbranched alkanes of at least 4 members (excludes halogenated alkanes) is 9. The Labute approximate surface area is 131 Å². The molecule has 0 amide bonds. The molecule has 1 unspecified atom stereocenters. The highest BCUT2D eigenvalue weighted by Gasteiger charge is 2.08. The van der Waals surface area contributed by atoms with E-state index in [1.807, 2.05) is 0 Å². The molecule has 0 aliphatic carbocycles. The largest absolute Gasteiger partial charge is 0.0925 e. The molecule has 19 heavy (non-hydrogen) atoms. The van der Waals surface area contributed by atoms with Gasteiger partial charge in [-0.3, -0.25) is 0 Å². The van der Waals surface area contributed by atoms with Crippen molar-refractivity contribution < 1.29 is 0 Å². The molecule has 0 aromatic heterocycles. The molecule has 0 saturated carbocycles. The fourth-order valence-electron chi connectivity index (χ4n) is 2.85. The molecule has 0 N–H and O–H groups in total. The first kappa shape index (κ1) is 19.5. The van der Waals surface area contributed by atoms with Gasteiger partial charge in [0.1, 0.15) is 0 Å². The first-order valence-corrected chi connectivity index (χ1v) is 9.88. The fourth-order valence-corrected chi connectivity index (χ4v) is 3.43. The lowest BCUT2D eigenvalue weighted by Crippen LogP contribution is -2.06. The molecule has 0 rings (SSSR count). The summed E-state index contributed by atoms with van der Waals surface area (Å²) in [5.41, 5.74) is 0. The van der Waals surface area contributed by atoms with E-state index in [0.29, 0.717) is 0 Å². The van der Waals surface area contributed by atoms with Crippen molar-refractivity contribution in [2.75, 3.05) is 5.33 Å². The summed E-state index contributed by atoms with van der Waals surface area (Å²) >= 11 is 3.67. The van der Waals surface area contributed by atoms with Crippen LogP contribution in [-0.2, 0) is 0 Å². The van der Waals surface area contributed by atoms with Crippen LogP contribution >= 0.6 is 15.9 Å². The molecule has 0 saturated heterocycles. The second-order valence-electron chi connectivity index (χ2n) is 6.62. The molecular weight excluding hydrogens is 296 g/mol. The zero-order valence-corrected chi connectivity index (χ0v) is 15.3. The highest BCUT2D eigenvalue weighted by molar-refractivity contribution is 9.09. The minimum Gasteiger partial charge on any atom is -0.0925 e. The van der Waals surface area contributed by atoms with E-state index in [9.17, 15) is 0 Å². The summed E-state index contributed by atoms with van der Waals surface area (Å²) in [7, 11) is 0. The minimum absolute atomic E-state index is 0.852. The average molecular weight is 333 g/mol. The van der Waals surface area contributed by atoms with Crippen LogP contribution in [0.15, 0.2) is 0 Å². The van der Waals surface area contributed by atoms with E-state index in [1.165, 1.54) is 82.4 Å². The maximum absolute atomic E-state index is 3.67. The summed E-state index contributed by atoms with van der Waals surface area (Å²) in [6.07, 6.45) is 17.3. The summed E-state index contributed by atoms with van der Waals surface area (Å²) < 4.78 is 0. The second kappa shape index (κ2) is 14.9. The van der Waals surface area contributed by atoms with Gasteiger partial charge in [0, 0.05) is 5.33 Å². The van der Waals surface area contributed by atoms with Crippen LogP contribution in [0, 0.1) is 11.8 Å². The molecule has 1 atom stereocenters. The molecule has 0 aliphatic rings. The fraction of sp³-hybridized carbons (Fsp3) is 1.00. The molecule has 116 valence electrons. The van der Waals surface area contributed by atoms with Gasteiger partial charge in [-0.1, -0.05) is 101 Å². The Kier molecular flexibility index (Phi) is 15.3. The summed E-state index contributed by atoms with van der Waals surface area (Å²) in [5.74, 6) is 1.76. The molecule has 0 fully saturated rings. The van der Waals surface area contributed by atoms with Crippen LogP contribution < -0.4 is 0 Å². The van der Waals surface area contributed by atoms with E-state index in [2.05, 4.69) is 36.7 Å². The Morgan fingerprint density at radius 1 is 0.737 bits per heavy atom. The van der Waals surface area contributed by atoms with Gasteiger partial charge in [0.15, 0.2) is 0 Å². The topological polar surface area (TPSA) is 0 Å². The van der Waals surface area contributed by atoms with Crippen molar-refractivity contribution in [1.29, 1.82) is 0 Å². The van der Waals surface area contributed by atoms with Crippen molar-refractivity contribution in [3.8, 4) is 0 Å². The van der Waals surface area contributed by atoms with Crippen LogP contribution in [0.3, 0.4) is 0 Å². The first-order valence-electron chi connectivity index (χ1n) is 8.76. The summed E-state index contributed by atoms with van der Waals surface area (Å²) in [6.45, 7) is 6.97. The lowest BCUT2D eigenvalue weighted by Gasteiger charge is -2.16. The molecular formula is C18H37Br. The van der Waals surface area contributed by atoms with Gasteiger partial charge in [-0.2, -0.15) is 0 Å². The first-order chi connectivity index (χ1) is 9.20. The highest BCUT2D eigenvalue weighted by atomic mass is 79.9. The standard InChI is InChI=1S/C18H37Br/c1-4-5-6-7-8-9-10-11-12-13-14-18(16-19)15-17(2)3/h17-18H,4-16H2,1-3H3. The van der Waals surface area contributed by atoms with E-state index in [0.717, 1.165) is 11.8 Å². The Morgan fingerprint density at radius 3 is 1.63 bits per heavy atom. The van der Waals surface area contributed by atoms with Gasteiger partial charge < -0.3 is 0 Å². The number of hydrogen-bond donors (Lipinski definition) is 0. The van der Waals surface area contributed by atoms with Crippen LogP contribution in [0.4, 0.5) is 0 Å². The van der Waals surface area contributed by atoms with Gasteiger partial charge >= 0.3 is 0 Å². The monoisotopic (exact) mass is 332 g/mol. The van der Waals surface area contributed by atoms with Gasteiger partial charge in [-0.05, 0) is 24.7 Å². The Morgan fingerprint density at radius 2 is 1.21 bits per heavy atom. The molecule has 0 nitrogen and oxygen atoms in total. The van der Waals surface area contributed by atoms with Crippen LogP contribution in [0.25, 0.3) is 0 Å². The SMILES string of the molecule is CCCCCCCCCCCCC(CBr)CC(C)C. The Balaban J connectivity index is 3.21. The smallest absolute Gasteiger partial charge is 0.00597 e.